The van der Waals surface area contributed by atoms with Crippen molar-refractivity contribution >= 4 is 34.8 Å². The lowest BCUT2D eigenvalue weighted by molar-refractivity contribution is -0.119. The average Bonchev–Trinajstić information content (AvgIpc) is 3.77. The number of carbonyl (C=O) groups excluding carboxylic acids is 1. The fourth-order valence-corrected chi connectivity index (χ4v) is 7.28. The number of methoxy groups -OCH3 is 1. The topological polar surface area (TPSA) is 130 Å². The van der Waals surface area contributed by atoms with Gasteiger partial charge in [-0.25, -0.2) is 9.97 Å². The van der Waals surface area contributed by atoms with E-state index < -0.39 is 0 Å². The third-order valence-electron chi connectivity index (χ3n) is 9.60. The second-order valence-electron chi connectivity index (χ2n) is 12.9. The SMILES string of the molecule is COc1nc(-c2cccc(-c3cccc(-c4ccn5c(=O)c(CNCC6CC6CO)cnc5c4)c3Cl)c2Cl)ccc1CNC[C@@H]1CCC(=O)N1. The molecule has 2 unspecified atom stereocenters. The van der Waals surface area contributed by atoms with E-state index in [2.05, 4.69) is 20.9 Å². The monoisotopic (exact) mass is 712 g/mol. The van der Waals surface area contributed by atoms with Gasteiger partial charge in [-0.15, -0.1) is 0 Å². The molecule has 50 heavy (non-hydrogen) atoms. The molecular weight excluding hydrogens is 675 g/mol. The lowest BCUT2D eigenvalue weighted by Gasteiger charge is -2.16. The Morgan fingerprint density at radius 2 is 1.64 bits per heavy atom. The Labute approximate surface area is 299 Å². The summed E-state index contributed by atoms with van der Waals surface area (Å²) >= 11 is 14.2. The van der Waals surface area contributed by atoms with E-state index in [0.29, 0.717) is 70.7 Å². The maximum atomic E-state index is 13.2. The number of carbonyl (C=O) groups is 1. The fourth-order valence-electron chi connectivity index (χ4n) is 6.62. The fraction of sp³-hybridized carbons (Fsp3) is 0.316. The smallest absolute Gasteiger partial charge is 0.262 e. The van der Waals surface area contributed by atoms with Crippen molar-refractivity contribution in [2.75, 3.05) is 26.8 Å². The van der Waals surface area contributed by atoms with E-state index in [1.807, 2.05) is 60.7 Å². The molecular formula is C38H38Cl2N6O4. The van der Waals surface area contributed by atoms with Crippen molar-refractivity contribution in [2.24, 2.45) is 11.8 Å². The van der Waals surface area contributed by atoms with E-state index in [0.717, 1.165) is 52.8 Å². The maximum Gasteiger partial charge on any atom is 0.262 e. The van der Waals surface area contributed by atoms with Crippen LogP contribution < -0.4 is 26.2 Å². The summed E-state index contributed by atoms with van der Waals surface area (Å²) in [4.78, 5) is 34.1. The van der Waals surface area contributed by atoms with E-state index in [9.17, 15) is 14.7 Å². The predicted octanol–water partition coefficient (Wildman–Crippen LogP) is 5.49. The Kier molecular flexibility index (Phi) is 10.2. The molecule has 3 atom stereocenters. The summed E-state index contributed by atoms with van der Waals surface area (Å²) < 4.78 is 7.19. The normalized spacial score (nSPS) is 18.4. The minimum absolute atomic E-state index is 0.0947. The quantitative estimate of drug-likeness (QED) is 0.126. The Balaban J connectivity index is 1.11. The van der Waals surface area contributed by atoms with Gasteiger partial charge in [-0.2, -0.15) is 0 Å². The molecule has 1 aliphatic heterocycles. The van der Waals surface area contributed by atoms with Crippen molar-refractivity contribution in [2.45, 2.75) is 38.4 Å². The molecule has 258 valence electrons. The van der Waals surface area contributed by atoms with Crippen molar-refractivity contribution in [3.05, 3.63) is 105 Å². The van der Waals surface area contributed by atoms with Gasteiger partial charge >= 0.3 is 0 Å². The number of benzene rings is 2. The molecule has 1 amide bonds. The number of aliphatic hydroxyl groups excluding tert-OH is 1. The molecule has 1 aliphatic carbocycles. The number of hydrogen-bond acceptors (Lipinski definition) is 8. The number of hydrogen-bond donors (Lipinski definition) is 4. The van der Waals surface area contributed by atoms with E-state index in [-0.39, 0.29) is 24.1 Å². The van der Waals surface area contributed by atoms with Crippen molar-refractivity contribution in [1.29, 1.82) is 0 Å². The first-order valence-corrected chi connectivity index (χ1v) is 17.5. The number of amides is 1. The van der Waals surface area contributed by atoms with Crippen LogP contribution >= 0.6 is 23.2 Å². The van der Waals surface area contributed by atoms with Crippen LogP contribution in [0.4, 0.5) is 0 Å². The van der Waals surface area contributed by atoms with Crippen LogP contribution in [-0.4, -0.2) is 58.2 Å². The van der Waals surface area contributed by atoms with Gasteiger partial charge in [0.2, 0.25) is 11.8 Å². The number of aliphatic hydroxyl groups is 1. The van der Waals surface area contributed by atoms with Crippen molar-refractivity contribution in [3.8, 4) is 39.4 Å². The molecule has 4 heterocycles. The summed E-state index contributed by atoms with van der Waals surface area (Å²) in [6, 6.07) is 19.3. The van der Waals surface area contributed by atoms with Gasteiger partial charge in [-0.1, -0.05) is 65.7 Å². The maximum absolute atomic E-state index is 13.2. The van der Waals surface area contributed by atoms with Gasteiger partial charge in [0.05, 0.1) is 22.8 Å². The Morgan fingerprint density at radius 1 is 0.920 bits per heavy atom. The molecule has 1 saturated heterocycles. The summed E-state index contributed by atoms with van der Waals surface area (Å²) in [5.41, 5.74) is 6.39. The zero-order valence-electron chi connectivity index (χ0n) is 27.6. The number of nitrogens with one attached hydrogen (secondary N) is 3. The number of aromatic nitrogens is 3. The van der Waals surface area contributed by atoms with E-state index in [1.165, 1.54) is 0 Å². The average molecular weight is 714 g/mol. The largest absolute Gasteiger partial charge is 0.481 e. The predicted molar refractivity (Wildman–Crippen MR) is 195 cm³/mol. The molecule has 2 fully saturated rings. The number of halogens is 2. The van der Waals surface area contributed by atoms with Crippen LogP contribution in [0.5, 0.6) is 5.88 Å². The highest BCUT2D eigenvalue weighted by molar-refractivity contribution is 6.39. The van der Waals surface area contributed by atoms with Gasteiger partial charge in [-0.05, 0) is 55.0 Å². The molecule has 1 saturated carbocycles. The lowest BCUT2D eigenvalue weighted by atomic mass is 9.97. The molecule has 2 aromatic carbocycles. The zero-order valence-corrected chi connectivity index (χ0v) is 29.1. The summed E-state index contributed by atoms with van der Waals surface area (Å²) in [5.74, 6) is 1.43. The second kappa shape index (κ2) is 14.9. The molecule has 3 aromatic heterocycles. The molecule has 7 rings (SSSR count). The molecule has 2 aliphatic rings. The molecule has 0 bridgehead atoms. The van der Waals surface area contributed by atoms with Crippen molar-refractivity contribution in [3.63, 3.8) is 0 Å². The summed E-state index contributed by atoms with van der Waals surface area (Å²) in [5, 5.41) is 20.0. The zero-order chi connectivity index (χ0) is 34.8. The van der Waals surface area contributed by atoms with Crippen LogP contribution in [0.25, 0.3) is 39.2 Å². The van der Waals surface area contributed by atoms with Crippen LogP contribution in [0.3, 0.4) is 0 Å². The first-order valence-electron chi connectivity index (χ1n) is 16.8. The highest BCUT2D eigenvalue weighted by atomic mass is 35.5. The standard InChI is InChI=1S/C38H38Cl2N6O4/c1-50-37-23(16-42-20-27-9-11-34(48)44-27)8-10-32(45-37)31-7-3-6-30(36(31)40)29-5-2-4-28(35(29)39)22-12-13-46-33(15-22)43-19-26(38(46)49)18-41-17-24-14-25(24)21-47/h2-8,10,12-13,15,19,24-25,27,41-42,47H,9,11,14,16-18,20-21H2,1H3,(H,44,48)/t24?,25?,27-/m0/s1. The van der Waals surface area contributed by atoms with Gasteiger partial charge in [-0.3, -0.25) is 14.0 Å². The molecule has 0 radical (unpaired) electrons. The van der Waals surface area contributed by atoms with Crippen LogP contribution in [0.1, 0.15) is 30.4 Å². The third kappa shape index (κ3) is 7.12. The summed E-state index contributed by atoms with van der Waals surface area (Å²) in [6.45, 7) is 2.62. The van der Waals surface area contributed by atoms with E-state index >= 15 is 0 Å². The number of rotatable bonds is 13. The number of pyridine rings is 2. The lowest BCUT2D eigenvalue weighted by Crippen LogP contribution is -2.35. The van der Waals surface area contributed by atoms with Gasteiger partial charge in [0, 0.05) is 84.5 Å². The van der Waals surface area contributed by atoms with Crippen LogP contribution in [-0.2, 0) is 17.9 Å². The van der Waals surface area contributed by atoms with Crippen LogP contribution in [0.15, 0.2) is 77.9 Å². The van der Waals surface area contributed by atoms with Gasteiger partial charge in [0.15, 0.2) is 0 Å². The Hall–Kier alpha value is -4.32. The molecule has 10 nitrogen and oxygen atoms in total. The van der Waals surface area contributed by atoms with E-state index in [1.54, 1.807) is 23.9 Å². The Morgan fingerprint density at radius 3 is 2.36 bits per heavy atom. The Bertz CT molecular complexity index is 2120. The van der Waals surface area contributed by atoms with Gasteiger partial charge < -0.3 is 25.8 Å². The molecule has 5 aromatic rings. The molecule has 0 spiro atoms. The van der Waals surface area contributed by atoms with E-state index in [4.69, 9.17) is 32.9 Å². The number of nitrogens with zero attached hydrogens (tertiary/aromatic N) is 3. The van der Waals surface area contributed by atoms with Crippen LogP contribution in [0.2, 0.25) is 10.0 Å². The molecule has 12 heteroatoms. The van der Waals surface area contributed by atoms with Gasteiger partial charge in [0.25, 0.3) is 5.56 Å². The minimum atomic E-state index is -0.124. The summed E-state index contributed by atoms with van der Waals surface area (Å²) in [6.07, 6.45) is 5.77. The third-order valence-corrected chi connectivity index (χ3v) is 10.4. The first-order chi connectivity index (χ1) is 24.3. The highest BCUT2D eigenvalue weighted by Crippen LogP contribution is 2.42. The molecule has 4 N–H and O–H groups in total. The van der Waals surface area contributed by atoms with Crippen molar-refractivity contribution in [1.82, 2.24) is 30.3 Å². The minimum Gasteiger partial charge on any atom is -0.481 e. The number of ether oxygens (including phenoxy) is 1. The second-order valence-corrected chi connectivity index (χ2v) is 13.7. The van der Waals surface area contributed by atoms with Crippen molar-refractivity contribution < 1.29 is 14.6 Å². The number of fused-ring (bicyclic) bond motifs is 1. The van der Waals surface area contributed by atoms with Crippen LogP contribution in [0, 0.1) is 11.8 Å². The highest BCUT2D eigenvalue weighted by Gasteiger charge is 2.35. The van der Waals surface area contributed by atoms with Gasteiger partial charge in [0.1, 0.15) is 5.65 Å². The summed E-state index contributed by atoms with van der Waals surface area (Å²) in [7, 11) is 1.59. The first kappa shape index (κ1) is 34.1.